The topological polar surface area (TPSA) is 101 Å². The van der Waals surface area contributed by atoms with E-state index in [1.54, 1.807) is 6.92 Å². The van der Waals surface area contributed by atoms with Gasteiger partial charge >= 0.3 is 0 Å². The maximum Gasteiger partial charge on any atom is 0.271 e. The van der Waals surface area contributed by atoms with Crippen LogP contribution < -0.4 is 10.6 Å². The molecule has 2 aromatic carbocycles. The second-order valence-corrected chi connectivity index (χ2v) is 5.12. The van der Waals surface area contributed by atoms with E-state index in [1.165, 1.54) is 18.2 Å². The number of carbonyl (C=O) groups excluding carboxylic acids is 2. The summed E-state index contributed by atoms with van der Waals surface area (Å²) in [6, 6.07) is 6.58. The lowest BCUT2D eigenvalue weighted by molar-refractivity contribution is -0.384. The molecule has 2 amide bonds. The number of halogens is 2. The van der Waals surface area contributed by atoms with Crippen molar-refractivity contribution >= 4 is 23.2 Å². The summed E-state index contributed by atoms with van der Waals surface area (Å²) in [4.78, 5) is 33.8. The first-order chi connectivity index (χ1) is 11.8. The van der Waals surface area contributed by atoms with E-state index in [0.717, 1.165) is 12.1 Å². The van der Waals surface area contributed by atoms with Crippen molar-refractivity contribution < 1.29 is 23.3 Å². The van der Waals surface area contributed by atoms with Gasteiger partial charge in [-0.2, -0.15) is 0 Å². The lowest BCUT2D eigenvalue weighted by atomic mass is 10.2. The van der Waals surface area contributed by atoms with Gasteiger partial charge in [0.2, 0.25) is 5.91 Å². The van der Waals surface area contributed by atoms with Crippen molar-refractivity contribution in [1.29, 1.82) is 0 Å². The number of nitrogens with one attached hydrogen (secondary N) is 2. The third kappa shape index (κ3) is 4.56. The highest BCUT2D eigenvalue weighted by molar-refractivity contribution is 5.99. The van der Waals surface area contributed by atoms with Gasteiger partial charge in [-0.3, -0.25) is 19.7 Å². The second kappa shape index (κ2) is 7.47. The summed E-state index contributed by atoms with van der Waals surface area (Å²) in [5, 5.41) is 15.4. The van der Waals surface area contributed by atoms with Crippen molar-refractivity contribution in [2.75, 3.05) is 11.9 Å². The number of nitrogens with zero attached hydrogens (tertiary/aromatic N) is 1. The summed E-state index contributed by atoms with van der Waals surface area (Å²) in [6.45, 7) is 1.21. The van der Waals surface area contributed by atoms with E-state index in [2.05, 4.69) is 10.6 Å². The molecule has 2 N–H and O–H groups in total. The first-order valence-electron chi connectivity index (χ1n) is 7.06. The molecular formula is C16H13F2N3O4. The molecule has 0 unspecified atom stereocenters. The van der Waals surface area contributed by atoms with Crippen LogP contribution in [0, 0.1) is 28.7 Å². The van der Waals surface area contributed by atoms with E-state index in [9.17, 15) is 28.5 Å². The normalized spacial score (nSPS) is 10.2. The Morgan fingerprint density at radius 2 is 1.84 bits per heavy atom. The quantitative estimate of drug-likeness (QED) is 0.640. The molecule has 0 saturated heterocycles. The Morgan fingerprint density at radius 3 is 2.48 bits per heavy atom. The van der Waals surface area contributed by atoms with Gasteiger partial charge in [0.25, 0.3) is 11.6 Å². The van der Waals surface area contributed by atoms with Gasteiger partial charge in [-0.15, -0.1) is 0 Å². The molecule has 25 heavy (non-hydrogen) atoms. The number of nitro benzene ring substituents is 1. The zero-order valence-corrected chi connectivity index (χ0v) is 13.0. The summed E-state index contributed by atoms with van der Waals surface area (Å²) in [5.74, 6) is -3.65. The molecule has 2 aromatic rings. The molecule has 0 aliphatic heterocycles. The van der Waals surface area contributed by atoms with Gasteiger partial charge in [0.15, 0.2) is 11.6 Å². The first kappa shape index (κ1) is 18.0. The fourth-order valence-electron chi connectivity index (χ4n) is 1.95. The summed E-state index contributed by atoms with van der Waals surface area (Å²) in [7, 11) is 0. The lowest BCUT2D eigenvalue weighted by Crippen LogP contribution is -2.33. The third-order valence-corrected chi connectivity index (χ3v) is 3.30. The first-order valence-corrected chi connectivity index (χ1v) is 7.06. The number of hydrogen-bond acceptors (Lipinski definition) is 4. The van der Waals surface area contributed by atoms with Crippen molar-refractivity contribution in [1.82, 2.24) is 5.32 Å². The Morgan fingerprint density at radius 1 is 1.12 bits per heavy atom. The smallest absolute Gasteiger partial charge is 0.271 e. The largest absolute Gasteiger partial charge is 0.343 e. The van der Waals surface area contributed by atoms with Crippen LogP contribution in [0.2, 0.25) is 0 Å². The van der Waals surface area contributed by atoms with E-state index in [0.29, 0.717) is 11.6 Å². The SMILES string of the molecule is Cc1ccc([N+](=O)[O-])cc1NC(=O)CNC(=O)c1ccc(F)c(F)c1. The van der Waals surface area contributed by atoms with Crippen LogP contribution in [0.1, 0.15) is 15.9 Å². The minimum Gasteiger partial charge on any atom is -0.343 e. The number of nitro groups is 1. The van der Waals surface area contributed by atoms with Crippen molar-refractivity contribution in [3.8, 4) is 0 Å². The molecule has 0 aliphatic rings. The highest BCUT2D eigenvalue weighted by Gasteiger charge is 2.13. The van der Waals surface area contributed by atoms with Gasteiger partial charge in [-0.1, -0.05) is 6.07 Å². The number of rotatable bonds is 5. The van der Waals surface area contributed by atoms with Gasteiger partial charge in [0, 0.05) is 17.7 Å². The Labute approximate surface area is 140 Å². The molecule has 2 rings (SSSR count). The molecule has 0 bridgehead atoms. The summed E-state index contributed by atoms with van der Waals surface area (Å²) in [6.07, 6.45) is 0. The van der Waals surface area contributed by atoms with Gasteiger partial charge < -0.3 is 10.6 Å². The molecule has 130 valence electrons. The highest BCUT2D eigenvalue weighted by atomic mass is 19.2. The zero-order chi connectivity index (χ0) is 18.6. The second-order valence-electron chi connectivity index (χ2n) is 5.12. The van der Waals surface area contributed by atoms with E-state index in [1.807, 2.05) is 0 Å². The summed E-state index contributed by atoms with van der Waals surface area (Å²) in [5.41, 5.74) is 0.511. The molecule has 7 nitrogen and oxygen atoms in total. The number of hydrogen-bond donors (Lipinski definition) is 2. The van der Waals surface area contributed by atoms with Gasteiger partial charge in [-0.25, -0.2) is 8.78 Å². The highest BCUT2D eigenvalue weighted by Crippen LogP contribution is 2.21. The zero-order valence-electron chi connectivity index (χ0n) is 13.0. The number of carbonyl (C=O) groups is 2. The van der Waals surface area contributed by atoms with E-state index < -0.39 is 34.9 Å². The monoisotopic (exact) mass is 349 g/mol. The number of aryl methyl sites for hydroxylation is 1. The Hall–Kier alpha value is -3.36. The van der Waals surface area contributed by atoms with Crippen LogP contribution in [0.15, 0.2) is 36.4 Å². The van der Waals surface area contributed by atoms with Crippen LogP contribution in [0.5, 0.6) is 0 Å². The average Bonchev–Trinajstić information content (AvgIpc) is 2.57. The third-order valence-electron chi connectivity index (χ3n) is 3.30. The number of benzene rings is 2. The maximum absolute atomic E-state index is 13.1. The van der Waals surface area contributed by atoms with Crippen LogP contribution in [0.25, 0.3) is 0 Å². The van der Waals surface area contributed by atoms with E-state index in [-0.39, 0.29) is 16.9 Å². The molecular weight excluding hydrogens is 336 g/mol. The Kier molecular flexibility index (Phi) is 5.38. The summed E-state index contributed by atoms with van der Waals surface area (Å²) >= 11 is 0. The van der Waals surface area contributed by atoms with Gasteiger partial charge in [0.05, 0.1) is 17.2 Å². The molecule has 0 radical (unpaired) electrons. The molecule has 0 aliphatic carbocycles. The average molecular weight is 349 g/mol. The van der Waals surface area contributed by atoms with Crippen LogP contribution in [-0.2, 0) is 4.79 Å². The van der Waals surface area contributed by atoms with Crippen molar-refractivity contribution in [3.05, 3.63) is 69.3 Å². The van der Waals surface area contributed by atoms with Gasteiger partial charge in [0.1, 0.15) is 0 Å². The Balaban J connectivity index is 1.98. The molecule has 0 saturated carbocycles. The predicted molar refractivity (Wildman–Crippen MR) is 85.2 cm³/mol. The lowest BCUT2D eigenvalue weighted by Gasteiger charge is -2.09. The summed E-state index contributed by atoms with van der Waals surface area (Å²) < 4.78 is 25.9. The van der Waals surface area contributed by atoms with Gasteiger partial charge in [-0.05, 0) is 30.7 Å². The molecule has 0 atom stereocenters. The van der Waals surface area contributed by atoms with E-state index in [4.69, 9.17) is 0 Å². The molecule has 0 heterocycles. The van der Waals surface area contributed by atoms with Crippen molar-refractivity contribution in [3.63, 3.8) is 0 Å². The van der Waals surface area contributed by atoms with Crippen LogP contribution >= 0.6 is 0 Å². The van der Waals surface area contributed by atoms with Crippen molar-refractivity contribution in [2.45, 2.75) is 6.92 Å². The standard InChI is InChI=1S/C16H13F2N3O4/c1-9-2-4-11(21(24)25)7-14(9)20-15(22)8-19-16(23)10-3-5-12(17)13(18)6-10/h2-7H,8H2,1H3,(H,19,23)(H,20,22). The van der Waals surface area contributed by atoms with Crippen LogP contribution in [0.4, 0.5) is 20.2 Å². The van der Waals surface area contributed by atoms with Crippen molar-refractivity contribution in [2.24, 2.45) is 0 Å². The minimum atomic E-state index is -1.18. The number of anilines is 1. The molecule has 9 heteroatoms. The molecule has 0 fully saturated rings. The molecule has 0 spiro atoms. The molecule has 0 aromatic heterocycles. The van der Waals surface area contributed by atoms with Crippen LogP contribution in [0.3, 0.4) is 0 Å². The van der Waals surface area contributed by atoms with Crippen LogP contribution in [-0.4, -0.2) is 23.3 Å². The minimum absolute atomic E-state index is 0.141. The number of non-ortho nitro benzene ring substituents is 1. The Bertz CT molecular complexity index is 855. The fraction of sp³-hybridized carbons (Fsp3) is 0.125. The maximum atomic E-state index is 13.1. The predicted octanol–water partition coefficient (Wildman–Crippen LogP) is 2.55. The van der Waals surface area contributed by atoms with E-state index >= 15 is 0 Å². The fourth-order valence-corrected chi connectivity index (χ4v) is 1.95. The number of amides is 2.